The van der Waals surface area contributed by atoms with Crippen molar-refractivity contribution in [2.75, 3.05) is 13.1 Å². The van der Waals surface area contributed by atoms with Crippen molar-refractivity contribution in [1.29, 1.82) is 0 Å². The summed E-state index contributed by atoms with van der Waals surface area (Å²) < 4.78 is 0. The highest BCUT2D eigenvalue weighted by molar-refractivity contribution is 5.78. The molecule has 3 nitrogen and oxygen atoms in total. The fraction of sp³-hybridized carbons (Fsp3) is 0.786. The number of aliphatic carboxylic acids is 1. The molecule has 0 amide bonds. The largest absolute Gasteiger partial charge is 0.480 e. The van der Waals surface area contributed by atoms with Gasteiger partial charge in [-0.25, -0.2) is 0 Å². The number of piperidine rings is 1. The van der Waals surface area contributed by atoms with Crippen molar-refractivity contribution in [1.82, 2.24) is 4.90 Å². The maximum atomic E-state index is 11.4. The molecule has 0 spiro atoms. The Morgan fingerprint density at radius 3 is 2.82 bits per heavy atom. The van der Waals surface area contributed by atoms with E-state index in [4.69, 9.17) is 0 Å². The van der Waals surface area contributed by atoms with Gasteiger partial charge in [-0.3, -0.25) is 9.69 Å². The average Bonchev–Trinajstić information content (AvgIpc) is 2.31. The van der Waals surface area contributed by atoms with Crippen LogP contribution in [0.5, 0.6) is 0 Å². The number of carbonyl (C=O) groups is 1. The van der Waals surface area contributed by atoms with Gasteiger partial charge in [0.1, 0.15) is 5.54 Å². The van der Waals surface area contributed by atoms with E-state index < -0.39 is 11.5 Å². The Balaban J connectivity index is 2.38. The van der Waals surface area contributed by atoms with Gasteiger partial charge >= 0.3 is 5.97 Å². The van der Waals surface area contributed by atoms with Crippen LogP contribution in [0, 0.1) is 0 Å². The molecule has 0 aromatic rings. The number of allylic oxidation sites excluding steroid dienone is 1. The zero-order chi connectivity index (χ0) is 12.7. The standard InChI is InChI=1S/C14H25NO2/c1-3-4-5-6-8-11-15-12-9-7-10-14(15,2)13(16)17/h3H,1,4-12H2,2H3,(H,16,17). The Bertz CT molecular complexity index is 265. The Kier molecular flexibility index (Phi) is 5.69. The van der Waals surface area contributed by atoms with Gasteiger partial charge in [-0.2, -0.15) is 0 Å². The van der Waals surface area contributed by atoms with Crippen LogP contribution in [0.1, 0.15) is 51.9 Å². The van der Waals surface area contributed by atoms with E-state index in [1.165, 1.54) is 6.42 Å². The summed E-state index contributed by atoms with van der Waals surface area (Å²) >= 11 is 0. The number of hydrogen-bond donors (Lipinski definition) is 1. The number of rotatable bonds is 7. The van der Waals surface area contributed by atoms with Gasteiger partial charge in [-0.05, 0) is 58.5 Å². The number of likely N-dealkylation sites (tertiary alicyclic amines) is 1. The topological polar surface area (TPSA) is 40.5 Å². The van der Waals surface area contributed by atoms with Gasteiger partial charge in [0.25, 0.3) is 0 Å². The first-order chi connectivity index (χ1) is 8.11. The molecule has 1 saturated heterocycles. The van der Waals surface area contributed by atoms with Crippen LogP contribution in [0.4, 0.5) is 0 Å². The number of carboxylic acid groups (broad SMARTS) is 1. The first-order valence-electron chi connectivity index (χ1n) is 6.70. The summed E-state index contributed by atoms with van der Waals surface area (Å²) in [5.74, 6) is -0.664. The SMILES string of the molecule is C=CCCCCCN1CCCCC1(C)C(=O)O. The molecule has 0 bridgehead atoms. The molecular weight excluding hydrogens is 214 g/mol. The summed E-state index contributed by atoms with van der Waals surface area (Å²) in [5, 5.41) is 9.35. The molecule has 1 unspecified atom stereocenters. The second kappa shape index (κ2) is 6.80. The number of carboxylic acids is 1. The molecular formula is C14H25NO2. The molecule has 0 saturated carbocycles. The maximum Gasteiger partial charge on any atom is 0.323 e. The fourth-order valence-corrected chi connectivity index (χ4v) is 2.55. The summed E-state index contributed by atoms with van der Waals surface area (Å²) in [6.07, 6.45) is 9.40. The lowest BCUT2D eigenvalue weighted by Gasteiger charge is -2.41. The zero-order valence-electron chi connectivity index (χ0n) is 11.0. The highest BCUT2D eigenvalue weighted by atomic mass is 16.4. The van der Waals surface area contributed by atoms with Gasteiger partial charge in [0.15, 0.2) is 0 Å². The lowest BCUT2D eigenvalue weighted by atomic mass is 9.88. The molecule has 0 aliphatic carbocycles. The Morgan fingerprint density at radius 1 is 1.41 bits per heavy atom. The van der Waals surface area contributed by atoms with Crippen LogP contribution in [0.2, 0.25) is 0 Å². The van der Waals surface area contributed by atoms with E-state index in [0.717, 1.165) is 51.6 Å². The Morgan fingerprint density at radius 2 is 2.18 bits per heavy atom. The second-order valence-corrected chi connectivity index (χ2v) is 5.16. The van der Waals surface area contributed by atoms with Gasteiger partial charge < -0.3 is 5.11 Å². The predicted octanol–water partition coefficient (Wildman–Crippen LogP) is 3.06. The van der Waals surface area contributed by atoms with Crippen LogP contribution < -0.4 is 0 Å². The molecule has 1 aliphatic rings. The van der Waals surface area contributed by atoms with E-state index in [2.05, 4.69) is 11.5 Å². The molecule has 98 valence electrons. The molecule has 1 heterocycles. The van der Waals surface area contributed by atoms with Crippen LogP contribution >= 0.6 is 0 Å². The van der Waals surface area contributed by atoms with Gasteiger partial charge in [0, 0.05) is 0 Å². The van der Waals surface area contributed by atoms with Crippen molar-refractivity contribution >= 4 is 5.97 Å². The Labute approximate surface area is 105 Å². The average molecular weight is 239 g/mol. The molecule has 1 N–H and O–H groups in total. The van der Waals surface area contributed by atoms with Crippen LogP contribution in [0.3, 0.4) is 0 Å². The molecule has 0 aromatic carbocycles. The second-order valence-electron chi connectivity index (χ2n) is 5.16. The van der Waals surface area contributed by atoms with Crippen molar-refractivity contribution in [3.05, 3.63) is 12.7 Å². The highest BCUT2D eigenvalue weighted by Gasteiger charge is 2.40. The van der Waals surface area contributed by atoms with Gasteiger partial charge in [-0.15, -0.1) is 6.58 Å². The van der Waals surface area contributed by atoms with Crippen molar-refractivity contribution < 1.29 is 9.90 Å². The van der Waals surface area contributed by atoms with Crippen LogP contribution in [-0.2, 0) is 4.79 Å². The van der Waals surface area contributed by atoms with Crippen molar-refractivity contribution in [2.24, 2.45) is 0 Å². The van der Waals surface area contributed by atoms with Gasteiger partial charge in [-0.1, -0.05) is 12.5 Å². The Hall–Kier alpha value is -0.830. The van der Waals surface area contributed by atoms with Gasteiger partial charge in [0.05, 0.1) is 0 Å². The lowest BCUT2D eigenvalue weighted by Crippen LogP contribution is -2.55. The van der Waals surface area contributed by atoms with Crippen molar-refractivity contribution in [2.45, 2.75) is 57.4 Å². The van der Waals surface area contributed by atoms with Crippen LogP contribution in [-0.4, -0.2) is 34.6 Å². The summed E-state index contributed by atoms with van der Waals surface area (Å²) in [5.41, 5.74) is -0.628. The third kappa shape index (κ3) is 3.84. The first kappa shape index (κ1) is 14.2. The minimum atomic E-state index is -0.664. The molecule has 1 aliphatic heterocycles. The molecule has 3 heteroatoms. The van der Waals surface area contributed by atoms with E-state index >= 15 is 0 Å². The molecule has 1 rings (SSSR count). The normalized spacial score (nSPS) is 25.7. The van der Waals surface area contributed by atoms with E-state index in [0.29, 0.717) is 0 Å². The summed E-state index contributed by atoms with van der Waals surface area (Å²) in [7, 11) is 0. The fourth-order valence-electron chi connectivity index (χ4n) is 2.55. The minimum Gasteiger partial charge on any atom is -0.480 e. The van der Waals surface area contributed by atoms with Crippen LogP contribution in [0.15, 0.2) is 12.7 Å². The minimum absolute atomic E-state index is 0.628. The first-order valence-corrected chi connectivity index (χ1v) is 6.70. The quantitative estimate of drug-likeness (QED) is 0.548. The smallest absolute Gasteiger partial charge is 0.323 e. The predicted molar refractivity (Wildman–Crippen MR) is 70.1 cm³/mol. The van der Waals surface area contributed by atoms with E-state index in [9.17, 15) is 9.90 Å². The number of unbranched alkanes of at least 4 members (excludes halogenated alkanes) is 3. The molecule has 0 radical (unpaired) electrons. The van der Waals surface area contributed by atoms with Crippen LogP contribution in [0.25, 0.3) is 0 Å². The van der Waals surface area contributed by atoms with E-state index in [-0.39, 0.29) is 0 Å². The summed E-state index contributed by atoms with van der Waals surface area (Å²) in [6.45, 7) is 7.43. The highest BCUT2D eigenvalue weighted by Crippen LogP contribution is 2.28. The molecule has 17 heavy (non-hydrogen) atoms. The van der Waals surface area contributed by atoms with Crippen molar-refractivity contribution in [3.63, 3.8) is 0 Å². The zero-order valence-corrected chi connectivity index (χ0v) is 11.0. The third-order valence-corrected chi connectivity index (χ3v) is 3.84. The van der Waals surface area contributed by atoms with Gasteiger partial charge in [0.2, 0.25) is 0 Å². The number of hydrogen-bond acceptors (Lipinski definition) is 2. The maximum absolute atomic E-state index is 11.4. The van der Waals surface area contributed by atoms with Crippen molar-refractivity contribution in [3.8, 4) is 0 Å². The monoisotopic (exact) mass is 239 g/mol. The van der Waals surface area contributed by atoms with E-state index in [1.54, 1.807) is 0 Å². The third-order valence-electron chi connectivity index (χ3n) is 3.84. The molecule has 1 fully saturated rings. The number of nitrogens with zero attached hydrogens (tertiary/aromatic N) is 1. The molecule has 1 atom stereocenters. The van der Waals surface area contributed by atoms with E-state index in [1.807, 2.05) is 13.0 Å². The lowest BCUT2D eigenvalue weighted by molar-refractivity contribution is -0.152. The summed E-state index contributed by atoms with van der Waals surface area (Å²) in [6, 6.07) is 0. The molecule has 0 aromatic heterocycles. The summed E-state index contributed by atoms with van der Waals surface area (Å²) in [4.78, 5) is 13.5.